The highest BCUT2D eigenvalue weighted by atomic mass is 16.5. The van der Waals surface area contributed by atoms with E-state index >= 15 is 0 Å². The summed E-state index contributed by atoms with van der Waals surface area (Å²) in [5.74, 6) is -0.168. The molecule has 1 aliphatic rings. The number of carbonyl (C=O) groups is 1. The first kappa shape index (κ1) is 22.4. The third kappa shape index (κ3) is 10.2. The Bertz CT molecular complexity index is 338. The average molecular weight is 358 g/mol. The van der Waals surface area contributed by atoms with Crippen LogP contribution in [0.1, 0.15) is 84.0 Å². The molecule has 0 spiro atoms. The number of rotatable bonds is 15. The van der Waals surface area contributed by atoms with Crippen LogP contribution in [0.2, 0.25) is 0 Å². The molecule has 1 rings (SSSR count). The molecule has 5 nitrogen and oxygen atoms in total. The Balaban J connectivity index is 1.99. The van der Waals surface area contributed by atoms with Gasteiger partial charge in [-0.05, 0) is 25.8 Å². The van der Waals surface area contributed by atoms with Crippen molar-refractivity contribution in [3.8, 4) is 0 Å². The second-order valence-corrected chi connectivity index (χ2v) is 7.34. The molecule has 2 N–H and O–H groups in total. The third-order valence-corrected chi connectivity index (χ3v) is 5.03. The highest BCUT2D eigenvalue weighted by Crippen LogP contribution is 2.19. The van der Waals surface area contributed by atoms with E-state index in [1.165, 1.54) is 51.4 Å². The number of carbonyl (C=O) groups excluding carboxylic acids is 1. The number of nitrogens with zero attached hydrogens (tertiary/aromatic N) is 1. The van der Waals surface area contributed by atoms with Gasteiger partial charge in [-0.3, -0.25) is 9.69 Å². The molecule has 0 amide bonds. The van der Waals surface area contributed by atoms with Crippen molar-refractivity contribution in [3.63, 3.8) is 0 Å². The van der Waals surface area contributed by atoms with Gasteiger partial charge in [0.05, 0.1) is 19.3 Å². The van der Waals surface area contributed by atoms with Gasteiger partial charge in [-0.1, -0.05) is 64.7 Å². The second kappa shape index (κ2) is 14.5. The van der Waals surface area contributed by atoms with Gasteiger partial charge in [-0.25, -0.2) is 0 Å². The van der Waals surface area contributed by atoms with E-state index in [1.807, 2.05) is 4.90 Å². The van der Waals surface area contributed by atoms with Crippen molar-refractivity contribution in [1.29, 1.82) is 0 Å². The molecule has 1 unspecified atom stereocenters. The van der Waals surface area contributed by atoms with Crippen LogP contribution in [-0.4, -0.2) is 59.5 Å². The average Bonchev–Trinajstić information content (AvgIpc) is 3.07. The van der Waals surface area contributed by atoms with Gasteiger partial charge in [0.25, 0.3) is 0 Å². The van der Waals surface area contributed by atoms with Crippen LogP contribution in [0.25, 0.3) is 0 Å². The van der Waals surface area contributed by atoms with Gasteiger partial charge in [0, 0.05) is 6.54 Å². The van der Waals surface area contributed by atoms with E-state index in [4.69, 9.17) is 9.84 Å². The first-order valence-electron chi connectivity index (χ1n) is 10.4. The van der Waals surface area contributed by atoms with Crippen LogP contribution in [0.4, 0.5) is 0 Å². The first-order valence-corrected chi connectivity index (χ1v) is 10.4. The Morgan fingerprint density at radius 1 is 1.08 bits per heavy atom. The van der Waals surface area contributed by atoms with Crippen LogP contribution in [-0.2, 0) is 9.53 Å². The highest BCUT2D eigenvalue weighted by molar-refractivity contribution is 5.76. The van der Waals surface area contributed by atoms with Crippen molar-refractivity contribution >= 4 is 5.97 Å². The lowest BCUT2D eigenvalue weighted by molar-refractivity contribution is -0.149. The molecule has 1 fully saturated rings. The van der Waals surface area contributed by atoms with E-state index < -0.39 is 6.10 Å². The fraction of sp³-hybridized carbons (Fsp3) is 0.950. The lowest BCUT2D eigenvalue weighted by Crippen LogP contribution is -2.42. The predicted octanol–water partition coefficient (Wildman–Crippen LogP) is 3.27. The van der Waals surface area contributed by atoms with Crippen LogP contribution in [0.3, 0.4) is 0 Å². The number of esters is 1. The number of ether oxygens (including phenoxy) is 1. The van der Waals surface area contributed by atoms with E-state index in [-0.39, 0.29) is 18.6 Å². The van der Waals surface area contributed by atoms with Crippen molar-refractivity contribution in [2.24, 2.45) is 0 Å². The van der Waals surface area contributed by atoms with E-state index in [9.17, 15) is 9.90 Å². The SMILES string of the molecule is CCCCCCCCCCCCOC(=O)[C@@H]1CCCN1CC(O)CO. The molecule has 1 saturated heterocycles. The van der Waals surface area contributed by atoms with E-state index in [0.717, 1.165) is 32.2 Å². The molecule has 0 radical (unpaired) electrons. The first-order chi connectivity index (χ1) is 12.2. The fourth-order valence-corrected chi connectivity index (χ4v) is 3.50. The number of unbranched alkanes of at least 4 members (excludes halogenated alkanes) is 9. The number of aliphatic hydroxyl groups excluding tert-OH is 2. The van der Waals surface area contributed by atoms with Gasteiger partial charge in [0.2, 0.25) is 0 Å². The van der Waals surface area contributed by atoms with Gasteiger partial charge in [0.1, 0.15) is 6.04 Å². The van der Waals surface area contributed by atoms with Gasteiger partial charge < -0.3 is 14.9 Å². The van der Waals surface area contributed by atoms with Crippen LogP contribution >= 0.6 is 0 Å². The van der Waals surface area contributed by atoms with Crippen LogP contribution in [0.5, 0.6) is 0 Å². The molecule has 5 heteroatoms. The molecule has 0 aromatic heterocycles. The lowest BCUT2D eigenvalue weighted by Gasteiger charge is -2.24. The highest BCUT2D eigenvalue weighted by Gasteiger charge is 2.32. The van der Waals surface area contributed by atoms with Crippen molar-refractivity contribution < 1.29 is 19.7 Å². The molecule has 0 aromatic carbocycles. The van der Waals surface area contributed by atoms with Crippen LogP contribution in [0, 0.1) is 0 Å². The number of aliphatic hydroxyl groups is 2. The molecule has 25 heavy (non-hydrogen) atoms. The normalized spacial score (nSPS) is 19.2. The maximum atomic E-state index is 12.2. The summed E-state index contributed by atoms with van der Waals surface area (Å²) in [4.78, 5) is 14.1. The molecule has 0 aromatic rings. The molecule has 0 aliphatic carbocycles. The Morgan fingerprint density at radius 3 is 2.28 bits per heavy atom. The standard InChI is InChI=1S/C20H39NO4/c1-2-3-4-5-6-7-8-9-10-11-15-25-20(24)19-13-12-14-21(19)16-18(23)17-22/h18-19,22-23H,2-17H2,1H3/t18?,19-/m0/s1. The zero-order valence-electron chi connectivity index (χ0n) is 16.1. The Hall–Kier alpha value is -0.650. The minimum atomic E-state index is -0.782. The Morgan fingerprint density at radius 2 is 1.68 bits per heavy atom. The maximum Gasteiger partial charge on any atom is 0.323 e. The smallest absolute Gasteiger partial charge is 0.323 e. The minimum absolute atomic E-state index is 0.168. The summed E-state index contributed by atoms with van der Waals surface area (Å²) in [5, 5.41) is 18.5. The van der Waals surface area contributed by atoms with Crippen LogP contribution < -0.4 is 0 Å². The van der Waals surface area contributed by atoms with Gasteiger partial charge in [-0.2, -0.15) is 0 Å². The van der Waals surface area contributed by atoms with Crippen molar-refractivity contribution in [1.82, 2.24) is 4.90 Å². The zero-order chi connectivity index (χ0) is 18.3. The molecular weight excluding hydrogens is 318 g/mol. The summed E-state index contributed by atoms with van der Waals surface area (Å²) < 4.78 is 5.42. The molecule has 1 heterocycles. The molecule has 148 valence electrons. The summed E-state index contributed by atoms with van der Waals surface area (Å²) in [5.41, 5.74) is 0. The number of hydrogen-bond acceptors (Lipinski definition) is 5. The van der Waals surface area contributed by atoms with Gasteiger partial charge in [0.15, 0.2) is 0 Å². The van der Waals surface area contributed by atoms with Crippen molar-refractivity contribution in [3.05, 3.63) is 0 Å². The third-order valence-electron chi connectivity index (χ3n) is 5.03. The molecule has 0 bridgehead atoms. The van der Waals surface area contributed by atoms with E-state index in [0.29, 0.717) is 13.2 Å². The second-order valence-electron chi connectivity index (χ2n) is 7.34. The minimum Gasteiger partial charge on any atom is -0.465 e. The summed E-state index contributed by atoms with van der Waals surface area (Å²) >= 11 is 0. The topological polar surface area (TPSA) is 70.0 Å². The maximum absolute atomic E-state index is 12.2. The Kier molecular flexibility index (Phi) is 13.0. The Labute approximate surface area is 153 Å². The van der Waals surface area contributed by atoms with E-state index in [2.05, 4.69) is 6.92 Å². The monoisotopic (exact) mass is 357 g/mol. The van der Waals surface area contributed by atoms with Gasteiger partial charge in [-0.15, -0.1) is 0 Å². The fourth-order valence-electron chi connectivity index (χ4n) is 3.50. The number of hydrogen-bond donors (Lipinski definition) is 2. The summed E-state index contributed by atoms with van der Waals surface area (Å²) in [7, 11) is 0. The quantitative estimate of drug-likeness (QED) is 0.348. The lowest BCUT2D eigenvalue weighted by atomic mass is 10.1. The summed E-state index contributed by atoms with van der Waals surface area (Å²) in [6, 6.07) is -0.246. The van der Waals surface area contributed by atoms with Gasteiger partial charge >= 0.3 is 5.97 Å². The largest absolute Gasteiger partial charge is 0.465 e. The molecule has 0 saturated carbocycles. The summed E-state index contributed by atoms with van der Waals surface area (Å²) in [6.07, 6.45) is 13.6. The molecular formula is C20H39NO4. The van der Waals surface area contributed by atoms with Crippen molar-refractivity contribution in [2.75, 3.05) is 26.3 Å². The van der Waals surface area contributed by atoms with Crippen molar-refractivity contribution in [2.45, 2.75) is 96.1 Å². The predicted molar refractivity (Wildman–Crippen MR) is 100 cm³/mol. The number of likely N-dealkylation sites (tertiary alicyclic amines) is 1. The number of β-amino-alcohol motifs (C(OH)–C–C–N with tert-alkyl or cyclic N) is 1. The molecule has 1 aliphatic heterocycles. The summed E-state index contributed by atoms with van der Waals surface area (Å²) in [6.45, 7) is 3.61. The zero-order valence-corrected chi connectivity index (χ0v) is 16.1. The van der Waals surface area contributed by atoms with E-state index in [1.54, 1.807) is 0 Å². The van der Waals surface area contributed by atoms with Crippen LogP contribution in [0.15, 0.2) is 0 Å². The molecule has 2 atom stereocenters.